The molecular formula is C14H21NO3S. The van der Waals surface area contributed by atoms with E-state index in [0.29, 0.717) is 13.2 Å². The van der Waals surface area contributed by atoms with Crippen LogP contribution < -0.4 is 0 Å². The minimum Gasteiger partial charge on any atom is -0.481 e. The van der Waals surface area contributed by atoms with Gasteiger partial charge in [-0.05, 0) is 42.3 Å². The first kappa shape index (κ1) is 14.5. The van der Waals surface area contributed by atoms with Gasteiger partial charge < -0.3 is 9.84 Å². The van der Waals surface area contributed by atoms with E-state index >= 15 is 0 Å². The number of carboxylic acids is 1. The number of thiophene rings is 1. The highest BCUT2D eigenvalue weighted by atomic mass is 32.1. The molecule has 106 valence electrons. The third kappa shape index (κ3) is 3.16. The zero-order valence-electron chi connectivity index (χ0n) is 11.4. The van der Waals surface area contributed by atoms with Crippen LogP contribution in [-0.4, -0.2) is 41.8 Å². The molecule has 1 fully saturated rings. The smallest absolute Gasteiger partial charge is 0.310 e. The summed E-state index contributed by atoms with van der Waals surface area (Å²) in [7, 11) is 0. The van der Waals surface area contributed by atoms with Crippen LogP contribution >= 0.6 is 11.3 Å². The maximum Gasteiger partial charge on any atom is 0.310 e. The molecule has 1 aromatic heterocycles. The Kier molecular flexibility index (Phi) is 4.96. The molecule has 1 aliphatic heterocycles. The molecule has 2 rings (SSSR count). The molecule has 0 spiro atoms. The molecule has 3 unspecified atom stereocenters. The first-order chi connectivity index (χ1) is 9.15. The average Bonchev–Trinajstić information content (AvgIpc) is 3.05. The number of nitrogens with zero attached hydrogens (tertiary/aromatic N) is 1. The van der Waals surface area contributed by atoms with E-state index in [1.54, 1.807) is 11.3 Å². The number of hydrogen-bond donors (Lipinski definition) is 1. The van der Waals surface area contributed by atoms with E-state index in [4.69, 9.17) is 4.74 Å². The van der Waals surface area contributed by atoms with Crippen molar-refractivity contribution >= 4 is 17.3 Å². The maximum atomic E-state index is 11.3. The zero-order chi connectivity index (χ0) is 13.8. The first-order valence-electron chi connectivity index (χ1n) is 6.73. The Morgan fingerprint density at radius 1 is 1.63 bits per heavy atom. The average molecular weight is 283 g/mol. The van der Waals surface area contributed by atoms with Crippen LogP contribution in [0.2, 0.25) is 0 Å². The third-order valence-electron chi connectivity index (χ3n) is 3.80. The highest BCUT2D eigenvalue weighted by molar-refractivity contribution is 7.07. The topological polar surface area (TPSA) is 49.8 Å². The van der Waals surface area contributed by atoms with E-state index in [0.717, 1.165) is 13.0 Å². The molecule has 0 bridgehead atoms. The quantitative estimate of drug-likeness (QED) is 0.872. The molecule has 1 aliphatic rings. The normalized spacial score (nSPS) is 24.8. The highest BCUT2D eigenvalue weighted by Gasteiger charge is 2.39. The van der Waals surface area contributed by atoms with Crippen molar-refractivity contribution in [3.8, 4) is 0 Å². The van der Waals surface area contributed by atoms with Gasteiger partial charge in [0.2, 0.25) is 0 Å². The van der Waals surface area contributed by atoms with Crippen LogP contribution in [0.1, 0.15) is 31.9 Å². The number of carboxylic acid groups (broad SMARTS) is 1. The van der Waals surface area contributed by atoms with Crippen molar-refractivity contribution in [2.75, 3.05) is 19.8 Å². The minimum atomic E-state index is -0.749. The van der Waals surface area contributed by atoms with Gasteiger partial charge in [0.05, 0.1) is 19.1 Å². The molecule has 1 aromatic rings. The number of carbonyl (C=O) groups is 1. The Labute approximate surface area is 118 Å². The molecule has 0 saturated carbocycles. The van der Waals surface area contributed by atoms with Crippen molar-refractivity contribution in [1.82, 2.24) is 4.90 Å². The fourth-order valence-electron chi connectivity index (χ4n) is 2.71. The summed E-state index contributed by atoms with van der Waals surface area (Å²) in [5.41, 5.74) is 1.26. The number of rotatable bonds is 6. The lowest BCUT2D eigenvalue weighted by Gasteiger charge is -2.35. The Morgan fingerprint density at radius 3 is 3.00 bits per heavy atom. The van der Waals surface area contributed by atoms with Crippen LogP contribution in [0.4, 0.5) is 0 Å². The van der Waals surface area contributed by atoms with E-state index in [9.17, 15) is 9.90 Å². The summed E-state index contributed by atoms with van der Waals surface area (Å²) in [5, 5.41) is 13.5. The van der Waals surface area contributed by atoms with Crippen molar-refractivity contribution in [1.29, 1.82) is 0 Å². The van der Waals surface area contributed by atoms with Crippen molar-refractivity contribution < 1.29 is 14.6 Å². The molecule has 0 aromatic carbocycles. The second kappa shape index (κ2) is 6.50. The summed E-state index contributed by atoms with van der Waals surface area (Å²) in [6.07, 6.45) is 1.01. The monoisotopic (exact) mass is 283 g/mol. The van der Waals surface area contributed by atoms with Crippen molar-refractivity contribution in [3.05, 3.63) is 22.4 Å². The second-order valence-electron chi connectivity index (χ2n) is 5.02. The molecule has 5 heteroatoms. The summed E-state index contributed by atoms with van der Waals surface area (Å²) in [4.78, 5) is 13.6. The van der Waals surface area contributed by atoms with E-state index in [-0.39, 0.29) is 12.1 Å². The molecule has 19 heavy (non-hydrogen) atoms. The van der Waals surface area contributed by atoms with Crippen LogP contribution in [0, 0.1) is 5.92 Å². The van der Waals surface area contributed by atoms with Gasteiger partial charge in [0, 0.05) is 12.1 Å². The van der Waals surface area contributed by atoms with Crippen molar-refractivity contribution in [2.24, 2.45) is 5.92 Å². The predicted molar refractivity (Wildman–Crippen MR) is 75.5 cm³/mol. The van der Waals surface area contributed by atoms with Gasteiger partial charge in [-0.25, -0.2) is 0 Å². The summed E-state index contributed by atoms with van der Waals surface area (Å²) in [6, 6.07) is 2.33. The predicted octanol–water partition coefficient (Wildman–Crippen LogP) is 2.62. The number of aliphatic carboxylic acids is 1. The van der Waals surface area contributed by atoms with Gasteiger partial charge in [-0.1, -0.05) is 6.92 Å². The number of hydrogen-bond acceptors (Lipinski definition) is 4. The lowest BCUT2D eigenvalue weighted by atomic mass is 9.99. The fourth-order valence-corrected chi connectivity index (χ4v) is 3.46. The van der Waals surface area contributed by atoms with Gasteiger partial charge in [-0.2, -0.15) is 11.3 Å². The van der Waals surface area contributed by atoms with Gasteiger partial charge in [-0.15, -0.1) is 0 Å². The molecule has 4 nitrogen and oxygen atoms in total. The van der Waals surface area contributed by atoms with Gasteiger partial charge in [0.15, 0.2) is 0 Å². The van der Waals surface area contributed by atoms with E-state index in [2.05, 4.69) is 35.6 Å². The summed E-state index contributed by atoms with van der Waals surface area (Å²) >= 11 is 1.68. The largest absolute Gasteiger partial charge is 0.481 e. The minimum absolute atomic E-state index is 0.0210. The molecule has 1 saturated heterocycles. The second-order valence-corrected chi connectivity index (χ2v) is 5.80. The van der Waals surface area contributed by atoms with Crippen LogP contribution in [0.15, 0.2) is 16.8 Å². The zero-order valence-corrected chi connectivity index (χ0v) is 12.2. The van der Waals surface area contributed by atoms with E-state index in [1.807, 2.05) is 0 Å². The Balaban J connectivity index is 2.17. The fraction of sp³-hybridized carbons (Fsp3) is 0.643. The van der Waals surface area contributed by atoms with Crippen LogP contribution in [-0.2, 0) is 9.53 Å². The molecule has 1 N–H and O–H groups in total. The van der Waals surface area contributed by atoms with Crippen LogP contribution in [0.3, 0.4) is 0 Å². The van der Waals surface area contributed by atoms with Crippen molar-refractivity contribution in [3.63, 3.8) is 0 Å². The van der Waals surface area contributed by atoms with Crippen LogP contribution in [0.5, 0.6) is 0 Å². The lowest BCUT2D eigenvalue weighted by molar-refractivity contribution is -0.143. The molecular weight excluding hydrogens is 262 g/mol. The van der Waals surface area contributed by atoms with Gasteiger partial charge >= 0.3 is 5.97 Å². The summed E-state index contributed by atoms with van der Waals surface area (Å²) < 4.78 is 5.41. The molecule has 0 radical (unpaired) electrons. The van der Waals surface area contributed by atoms with E-state index < -0.39 is 11.9 Å². The highest BCUT2D eigenvalue weighted by Crippen LogP contribution is 2.30. The summed E-state index contributed by atoms with van der Waals surface area (Å²) in [6.45, 7) is 6.02. The van der Waals surface area contributed by atoms with Gasteiger partial charge in [0.25, 0.3) is 0 Å². The van der Waals surface area contributed by atoms with E-state index in [1.165, 1.54) is 5.56 Å². The van der Waals surface area contributed by atoms with Gasteiger partial charge in [0.1, 0.15) is 0 Å². The van der Waals surface area contributed by atoms with Gasteiger partial charge in [-0.3, -0.25) is 9.69 Å². The SMILES string of the molecule is CCCN(C(C)c1ccsc1)C1COCC1C(=O)O. The van der Waals surface area contributed by atoms with Crippen molar-refractivity contribution in [2.45, 2.75) is 32.4 Å². The molecule has 0 aliphatic carbocycles. The Morgan fingerprint density at radius 2 is 2.42 bits per heavy atom. The molecule has 2 heterocycles. The lowest BCUT2D eigenvalue weighted by Crippen LogP contribution is -2.44. The standard InChI is InChI=1S/C14H21NO3S/c1-3-5-15(10(2)11-4-6-19-9-11)13-8-18-7-12(13)14(16)17/h4,6,9-10,12-13H,3,5,7-8H2,1-2H3,(H,16,17). The van der Waals surface area contributed by atoms with Crippen LogP contribution in [0.25, 0.3) is 0 Å². The first-order valence-corrected chi connectivity index (χ1v) is 7.67. The Hall–Kier alpha value is -0.910. The summed E-state index contributed by atoms with van der Waals surface area (Å²) in [5.74, 6) is -1.16. The Bertz CT molecular complexity index is 407. The molecule has 3 atom stereocenters. The maximum absolute atomic E-state index is 11.3. The third-order valence-corrected chi connectivity index (χ3v) is 4.50. The number of ether oxygens (including phenoxy) is 1. The molecule has 0 amide bonds.